The normalized spacial score (nSPS) is 11.9. The van der Waals surface area contributed by atoms with Crippen LogP contribution in [0.5, 0.6) is 0 Å². The molecule has 6 nitrogen and oxygen atoms in total. The van der Waals surface area contributed by atoms with Gasteiger partial charge in [0.25, 0.3) is 0 Å². The summed E-state index contributed by atoms with van der Waals surface area (Å²) >= 11 is 0. The van der Waals surface area contributed by atoms with Gasteiger partial charge in [-0.25, -0.2) is 4.98 Å². The SMILES string of the molecule is c1ccc(-c2ccccc2-c2cc(-n3c4ccccc4c4cc(-c5ccc6c(c5)c5ccccc5n6-c5ccccc5)ccc43)nc(-n3c4ccccc4c4cc(-c5ccc6c(c5)c5ccccc5n6-c5ccccc5)ccc43)n2)cc1. The highest BCUT2D eigenvalue weighted by atomic mass is 15.2. The molecule has 0 aliphatic heterocycles. The Bertz CT molecular complexity index is 5100. The third-order valence-electron chi connectivity index (χ3n) is 16.8. The molecule has 5 heterocycles. The van der Waals surface area contributed by atoms with E-state index in [-0.39, 0.29) is 0 Å². The first-order chi connectivity index (χ1) is 40.7. The summed E-state index contributed by atoms with van der Waals surface area (Å²) in [6.45, 7) is 0. The van der Waals surface area contributed by atoms with Crippen LogP contribution in [0, 0.1) is 0 Å². The van der Waals surface area contributed by atoms with Crippen LogP contribution < -0.4 is 0 Å². The second-order valence-electron chi connectivity index (χ2n) is 21.3. The third-order valence-corrected chi connectivity index (χ3v) is 16.8. The van der Waals surface area contributed by atoms with Crippen LogP contribution in [0.1, 0.15) is 0 Å². The summed E-state index contributed by atoms with van der Waals surface area (Å²) in [6, 6.07) is 105. The van der Waals surface area contributed by atoms with Crippen molar-refractivity contribution < 1.29 is 0 Å². The molecule has 0 aliphatic carbocycles. The Morgan fingerprint density at radius 3 is 0.988 bits per heavy atom. The zero-order chi connectivity index (χ0) is 53.8. The number of rotatable bonds is 8. The lowest BCUT2D eigenvalue weighted by atomic mass is 9.97. The summed E-state index contributed by atoms with van der Waals surface area (Å²) in [7, 11) is 0. The standard InChI is InChI=1S/C76H48N6/c1-4-20-49(21-5-1)56-26-10-11-27-57(56)66-48-75(81-69-34-18-14-30-60(69)64-46-52(38-42-73(64)81)50-36-40-71-62(44-50)58-28-12-16-32-67(58)79(71)54-22-6-2-7-23-54)78-76(77-66)82-70-35-19-15-31-61(70)65-47-53(39-43-74(65)82)51-37-41-72-63(45-51)59-29-13-17-33-68(59)80(72)55-24-8-3-9-25-55/h1-48H. The van der Waals surface area contributed by atoms with E-state index < -0.39 is 0 Å². The molecule has 0 saturated heterocycles. The third kappa shape index (κ3) is 7.08. The number of nitrogens with zero attached hydrogens (tertiary/aromatic N) is 6. The molecular weight excluding hydrogens is 997 g/mol. The topological polar surface area (TPSA) is 45.5 Å². The van der Waals surface area contributed by atoms with Crippen LogP contribution in [0.3, 0.4) is 0 Å². The summed E-state index contributed by atoms with van der Waals surface area (Å²) in [5.74, 6) is 1.37. The average Bonchev–Trinajstić information content (AvgIpc) is 3.41. The average molecular weight is 1050 g/mol. The summed E-state index contributed by atoms with van der Waals surface area (Å²) in [6.07, 6.45) is 0. The Morgan fingerprint density at radius 1 is 0.207 bits per heavy atom. The molecule has 0 spiro atoms. The molecule has 0 radical (unpaired) electrons. The van der Waals surface area contributed by atoms with Crippen molar-refractivity contribution in [2.75, 3.05) is 0 Å². The first-order valence-electron chi connectivity index (χ1n) is 28.0. The van der Waals surface area contributed by atoms with Gasteiger partial charge in [-0.3, -0.25) is 9.13 Å². The van der Waals surface area contributed by atoms with Gasteiger partial charge in [0.1, 0.15) is 5.82 Å². The van der Waals surface area contributed by atoms with Gasteiger partial charge >= 0.3 is 0 Å². The van der Waals surface area contributed by atoms with E-state index in [2.05, 4.69) is 309 Å². The van der Waals surface area contributed by atoms with Crippen LogP contribution in [-0.4, -0.2) is 28.2 Å². The van der Waals surface area contributed by atoms with Crippen molar-refractivity contribution in [3.05, 3.63) is 291 Å². The van der Waals surface area contributed by atoms with E-state index in [1.165, 1.54) is 43.6 Å². The first-order valence-corrected chi connectivity index (χ1v) is 28.0. The quantitative estimate of drug-likeness (QED) is 0.152. The highest BCUT2D eigenvalue weighted by Gasteiger charge is 2.23. The second kappa shape index (κ2) is 18.2. The number of para-hydroxylation sites is 6. The van der Waals surface area contributed by atoms with E-state index >= 15 is 0 Å². The van der Waals surface area contributed by atoms with Gasteiger partial charge in [-0.2, -0.15) is 4.98 Å². The molecule has 0 atom stereocenters. The lowest BCUT2D eigenvalue weighted by Crippen LogP contribution is -2.07. The van der Waals surface area contributed by atoms with Gasteiger partial charge in [-0.15, -0.1) is 0 Å². The molecule has 0 N–H and O–H groups in total. The highest BCUT2D eigenvalue weighted by molar-refractivity contribution is 6.15. The fourth-order valence-corrected chi connectivity index (χ4v) is 13.1. The van der Waals surface area contributed by atoms with E-state index in [9.17, 15) is 0 Å². The Morgan fingerprint density at radius 2 is 0.537 bits per heavy atom. The predicted molar refractivity (Wildman–Crippen MR) is 341 cm³/mol. The summed E-state index contributed by atoms with van der Waals surface area (Å²) in [5.41, 5.74) is 19.9. The van der Waals surface area contributed by atoms with Crippen LogP contribution in [-0.2, 0) is 0 Å². The maximum absolute atomic E-state index is 5.70. The van der Waals surface area contributed by atoms with Crippen LogP contribution >= 0.6 is 0 Å². The van der Waals surface area contributed by atoms with Crippen molar-refractivity contribution in [3.63, 3.8) is 0 Å². The lowest BCUT2D eigenvalue weighted by Gasteiger charge is -2.15. The molecule has 0 unspecified atom stereocenters. The molecule has 0 amide bonds. The molecular formula is C76H48N6. The molecule has 17 aromatic rings. The zero-order valence-electron chi connectivity index (χ0n) is 44.4. The fourth-order valence-electron chi connectivity index (χ4n) is 13.1. The van der Waals surface area contributed by atoms with Crippen LogP contribution in [0.2, 0.25) is 0 Å². The highest BCUT2D eigenvalue weighted by Crippen LogP contribution is 2.42. The minimum Gasteiger partial charge on any atom is -0.309 e. The van der Waals surface area contributed by atoms with Crippen LogP contribution in [0.15, 0.2) is 291 Å². The van der Waals surface area contributed by atoms with Gasteiger partial charge < -0.3 is 9.13 Å². The van der Waals surface area contributed by atoms with E-state index in [1.807, 2.05) is 0 Å². The van der Waals surface area contributed by atoms with E-state index in [0.717, 1.165) is 105 Å². The maximum atomic E-state index is 5.70. The molecule has 82 heavy (non-hydrogen) atoms. The molecule has 17 rings (SSSR count). The molecule has 12 aromatic carbocycles. The van der Waals surface area contributed by atoms with Crippen molar-refractivity contribution in [1.29, 1.82) is 0 Å². The van der Waals surface area contributed by atoms with Crippen LogP contribution in [0.25, 0.3) is 155 Å². The van der Waals surface area contributed by atoms with Gasteiger partial charge in [-0.05, 0) is 130 Å². The van der Waals surface area contributed by atoms with Gasteiger partial charge in [0.2, 0.25) is 5.95 Å². The van der Waals surface area contributed by atoms with Gasteiger partial charge in [0, 0.05) is 66.1 Å². The number of fused-ring (bicyclic) bond motifs is 12. The number of benzene rings is 12. The Hall–Kier alpha value is -11.1. The number of aromatic nitrogens is 6. The Balaban J connectivity index is 0.855. The Labute approximate surface area is 471 Å². The summed E-state index contributed by atoms with van der Waals surface area (Å²) in [5, 5.41) is 9.48. The molecule has 0 saturated carbocycles. The summed E-state index contributed by atoms with van der Waals surface area (Å²) < 4.78 is 9.34. The molecule has 0 fully saturated rings. The minimum absolute atomic E-state index is 0.593. The van der Waals surface area contributed by atoms with Crippen LogP contribution in [0.4, 0.5) is 0 Å². The van der Waals surface area contributed by atoms with Crippen molar-refractivity contribution in [1.82, 2.24) is 28.2 Å². The maximum Gasteiger partial charge on any atom is 0.237 e. The van der Waals surface area contributed by atoms with Gasteiger partial charge in [0.05, 0.1) is 49.8 Å². The number of hydrogen-bond acceptors (Lipinski definition) is 2. The molecule has 382 valence electrons. The minimum atomic E-state index is 0.593. The fraction of sp³-hybridized carbons (Fsp3) is 0. The monoisotopic (exact) mass is 1040 g/mol. The van der Waals surface area contributed by atoms with Crippen molar-refractivity contribution in [2.24, 2.45) is 0 Å². The molecule has 0 aliphatic rings. The Kier molecular flexibility index (Phi) is 10.2. The largest absolute Gasteiger partial charge is 0.309 e. The van der Waals surface area contributed by atoms with Gasteiger partial charge in [0.15, 0.2) is 0 Å². The van der Waals surface area contributed by atoms with E-state index in [0.29, 0.717) is 5.95 Å². The van der Waals surface area contributed by atoms with Gasteiger partial charge in [-0.1, -0.05) is 188 Å². The smallest absolute Gasteiger partial charge is 0.237 e. The first kappa shape index (κ1) is 45.9. The van der Waals surface area contributed by atoms with E-state index in [1.54, 1.807) is 0 Å². The second-order valence-corrected chi connectivity index (χ2v) is 21.3. The van der Waals surface area contributed by atoms with Crippen molar-refractivity contribution in [3.8, 4) is 67.8 Å². The zero-order valence-corrected chi connectivity index (χ0v) is 44.4. The molecule has 6 heteroatoms. The van der Waals surface area contributed by atoms with Crippen molar-refractivity contribution in [2.45, 2.75) is 0 Å². The lowest BCUT2D eigenvalue weighted by molar-refractivity contribution is 0.952. The van der Waals surface area contributed by atoms with E-state index in [4.69, 9.17) is 9.97 Å². The molecule has 0 bridgehead atoms. The molecule has 5 aromatic heterocycles. The predicted octanol–water partition coefficient (Wildman–Crippen LogP) is 19.5. The van der Waals surface area contributed by atoms with Crippen molar-refractivity contribution >= 4 is 87.2 Å². The number of hydrogen-bond donors (Lipinski definition) is 0. The summed E-state index contributed by atoms with van der Waals surface area (Å²) in [4.78, 5) is 11.3.